The summed E-state index contributed by atoms with van der Waals surface area (Å²) >= 11 is 0. The highest BCUT2D eigenvalue weighted by Crippen LogP contribution is 2.25. The minimum atomic E-state index is -0.325. The zero-order chi connectivity index (χ0) is 18.3. The number of hydrogen-bond donors (Lipinski definition) is 0. The van der Waals surface area contributed by atoms with Crippen LogP contribution in [0, 0.1) is 12.8 Å². The van der Waals surface area contributed by atoms with E-state index < -0.39 is 0 Å². The second kappa shape index (κ2) is 6.59. The van der Waals surface area contributed by atoms with Crippen molar-refractivity contribution in [2.75, 3.05) is 33.7 Å². The van der Waals surface area contributed by atoms with E-state index in [1.165, 1.54) is 4.57 Å². The molecule has 1 unspecified atom stereocenters. The van der Waals surface area contributed by atoms with Crippen molar-refractivity contribution in [3.8, 4) is 0 Å². The van der Waals surface area contributed by atoms with Gasteiger partial charge in [-0.25, -0.2) is 4.98 Å². The minimum absolute atomic E-state index is 0.0294. The Bertz CT molecular complexity index is 770. The maximum atomic E-state index is 12.8. The molecule has 2 aliphatic rings. The van der Waals surface area contributed by atoms with Crippen LogP contribution in [0.1, 0.15) is 23.5 Å². The van der Waals surface area contributed by atoms with E-state index in [9.17, 15) is 14.4 Å². The van der Waals surface area contributed by atoms with Crippen molar-refractivity contribution in [1.82, 2.24) is 24.3 Å². The molecular formula is C17H25N5O3. The van der Waals surface area contributed by atoms with Crippen molar-refractivity contribution < 1.29 is 9.59 Å². The van der Waals surface area contributed by atoms with Crippen molar-refractivity contribution in [1.29, 1.82) is 0 Å². The van der Waals surface area contributed by atoms with Crippen molar-refractivity contribution in [3.05, 3.63) is 27.4 Å². The Morgan fingerprint density at radius 1 is 1.28 bits per heavy atom. The fourth-order valence-corrected chi connectivity index (χ4v) is 3.42. The lowest BCUT2D eigenvalue weighted by Gasteiger charge is -2.21. The number of amides is 2. The predicted molar refractivity (Wildman–Crippen MR) is 91.7 cm³/mol. The molecule has 0 bridgehead atoms. The summed E-state index contributed by atoms with van der Waals surface area (Å²) in [5, 5.41) is 0. The van der Waals surface area contributed by atoms with Crippen molar-refractivity contribution in [2.24, 2.45) is 13.0 Å². The summed E-state index contributed by atoms with van der Waals surface area (Å²) < 4.78 is 1.51. The van der Waals surface area contributed by atoms with Gasteiger partial charge in [0.15, 0.2) is 0 Å². The quantitative estimate of drug-likeness (QED) is 0.723. The molecule has 1 saturated heterocycles. The van der Waals surface area contributed by atoms with Crippen molar-refractivity contribution in [2.45, 2.75) is 26.4 Å². The third-order valence-electron chi connectivity index (χ3n) is 5.08. The SMILES string of the molecule is Cc1nc2c(c(=O)n1C)CN(C(=O)C1CC(=O)N(CCN(C)C)C1)C2. The summed E-state index contributed by atoms with van der Waals surface area (Å²) in [5.41, 5.74) is 1.19. The van der Waals surface area contributed by atoms with Gasteiger partial charge in [-0.05, 0) is 21.0 Å². The van der Waals surface area contributed by atoms with Crippen LogP contribution in [0.3, 0.4) is 0 Å². The third-order valence-corrected chi connectivity index (χ3v) is 5.08. The third kappa shape index (κ3) is 3.30. The summed E-state index contributed by atoms with van der Waals surface area (Å²) in [4.78, 5) is 47.2. The van der Waals surface area contributed by atoms with Crippen LogP contribution in [0.15, 0.2) is 4.79 Å². The first-order valence-electron chi connectivity index (χ1n) is 8.54. The van der Waals surface area contributed by atoms with Gasteiger partial charge >= 0.3 is 0 Å². The molecule has 3 rings (SSSR count). The number of carbonyl (C=O) groups is 2. The van der Waals surface area contributed by atoms with E-state index in [4.69, 9.17) is 0 Å². The van der Waals surface area contributed by atoms with E-state index >= 15 is 0 Å². The Labute approximate surface area is 147 Å². The standard InChI is InChI=1S/C17H25N5O3/c1-11-18-14-10-22(9-13(14)17(25)20(11)4)16(24)12-7-15(23)21(8-12)6-5-19(2)3/h12H,5-10H2,1-4H3. The van der Waals surface area contributed by atoms with Crippen LogP contribution in [0.25, 0.3) is 0 Å². The molecule has 1 aromatic rings. The number of nitrogens with zero attached hydrogens (tertiary/aromatic N) is 5. The highest BCUT2D eigenvalue weighted by molar-refractivity contribution is 5.89. The van der Waals surface area contributed by atoms with E-state index in [2.05, 4.69) is 4.98 Å². The number of fused-ring (bicyclic) bond motifs is 1. The van der Waals surface area contributed by atoms with Gasteiger partial charge in [0.05, 0.1) is 30.3 Å². The maximum Gasteiger partial charge on any atom is 0.258 e. The van der Waals surface area contributed by atoms with Crippen LogP contribution in [0.5, 0.6) is 0 Å². The summed E-state index contributed by atoms with van der Waals surface area (Å²) in [7, 11) is 5.61. The van der Waals surface area contributed by atoms with Gasteiger partial charge in [-0.3, -0.25) is 19.0 Å². The fraction of sp³-hybridized carbons (Fsp3) is 0.647. The molecule has 1 fully saturated rings. The van der Waals surface area contributed by atoms with Gasteiger partial charge in [0, 0.05) is 33.1 Å². The van der Waals surface area contributed by atoms with Gasteiger partial charge in [0.25, 0.3) is 5.56 Å². The second-order valence-electron chi connectivity index (χ2n) is 7.19. The molecule has 1 atom stereocenters. The van der Waals surface area contributed by atoms with Gasteiger partial charge in [-0.2, -0.15) is 0 Å². The first-order chi connectivity index (χ1) is 11.8. The van der Waals surface area contributed by atoms with Crippen LogP contribution in [0.4, 0.5) is 0 Å². The molecule has 0 aromatic carbocycles. The largest absolute Gasteiger partial charge is 0.341 e. The molecule has 0 N–H and O–H groups in total. The number of likely N-dealkylation sites (N-methyl/N-ethyl adjacent to an activating group) is 1. The molecule has 25 heavy (non-hydrogen) atoms. The smallest absolute Gasteiger partial charge is 0.258 e. The van der Waals surface area contributed by atoms with Gasteiger partial charge in [-0.1, -0.05) is 0 Å². The molecule has 8 nitrogen and oxygen atoms in total. The van der Waals surface area contributed by atoms with E-state index in [1.807, 2.05) is 19.0 Å². The number of aromatic nitrogens is 2. The van der Waals surface area contributed by atoms with E-state index in [0.29, 0.717) is 36.7 Å². The molecule has 0 radical (unpaired) electrons. The van der Waals surface area contributed by atoms with Gasteiger partial charge in [-0.15, -0.1) is 0 Å². The molecule has 3 heterocycles. The number of likely N-dealkylation sites (tertiary alicyclic amines) is 1. The average Bonchev–Trinajstić information content (AvgIpc) is 3.14. The van der Waals surface area contributed by atoms with Crippen LogP contribution in [-0.2, 0) is 29.7 Å². The molecule has 0 saturated carbocycles. The molecular weight excluding hydrogens is 322 g/mol. The fourth-order valence-electron chi connectivity index (χ4n) is 3.42. The minimum Gasteiger partial charge on any atom is -0.341 e. The molecule has 136 valence electrons. The lowest BCUT2D eigenvalue weighted by molar-refractivity contribution is -0.136. The number of hydrogen-bond acceptors (Lipinski definition) is 5. The first-order valence-corrected chi connectivity index (χ1v) is 8.54. The maximum absolute atomic E-state index is 12.8. The summed E-state index contributed by atoms with van der Waals surface area (Å²) in [6, 6.07) is 0. The average molecular weight is 347 g/mol. The highest BCUT2D eigenvalue weighted by atomic mass is 16.2. The monoisotopic (exact) mass is 347 g/mol. The normalized spacial score (nSPS) is 19.9. The van der Waals surface area contributed by atoms with Gasteiger partial charge in [0.1, 0.15) is 5.82 Å². The Hall–Kier alpha value is -2.22. The van der Waals surface area contributed by atoms with Crippen LogP contribution < -0.4 is 5.56 Å². The summed E-state index contributed by atoms with van der Waals surface area (Å²) in [6.07, 6.45) is 0.254. The molecule has 0 spiro atoms. The van der Waals surface area contributed by atoms with E-state index in [-0.39, 0.29) is 36.3 Å². The summed E-state index contributed by atoms with van der Waals surface area (Å²) in [5.74, 6) is 0.290. The molecule has 0 aliphatic carbocycles. The Kier molecular flexibility index (Phi) is 4.64. The predicted octanol–water partition coefficient (Wildman–Crippen LogP) is -0.659. The van der Waals surface area contributed by atoms with Gasteiger partial charge < -0.3 is 14.7 Å². The lowest BCUT2D eigenvalue weighted by Crippen LogP contribution is -2.36. The molecule has 2 aliphatic heterocycles. The number of carbonyl (C=O) groups excluding carboxylic acids is 2. The van der Waals surface area contributed by atoms with Crippen LogP contribution in [-0.4, -0.2) is 69.8 Å². The molecule has 1 aromatic heterocycles. The lowest BCUT2D eigenvalue weighted by atomic mass is 10.1. The van der Waals surface area contributed by atoms with E-state index in [0.717, 1.165) is 6.54 Å². The van der Waals surface area contributed by atoms with Gasteiger partial charge in [0.2, 0.25) is 11.8 Å². The molecule has 2 amide bonds. The highest BCUT2D eigenvalue weighted by Gasteiger charge is 2.38. The number of rotatable bonds is 4. The second-order valence-corrected chi connectivity index (χ2v) is 7.19. The summed E-state index contributed by atoms with van der Waals surface area (Å²) in [6.45, 7) is 4.30. The Balaban J connectivity index is 1.68. The van der Waals surface area contributed by atoms with Crippen molar-refractivity contribution in [3.63, 3.8) is 0 Å². The Morgan fingerprint density at radius 3 is 2.68 bits per heavy atom. The van der Waals surface area contributed by atoms with Crippen LogP contribution >= 0.6 is 0 Å². The first kappa shape index (κ1) is 17.6. The number of aryl methyl sites for hydroxylation is 1. The zero-order valence-corrected chi connectivity index (χ0v) is 15.3. The van der Waals surface area contributed by atoms with Crippen LogP contribution in [0.2, 0.25) is 0 Å². The molecule has 8 heteroatoms. The van der Waals surface area contributed by atoms with E-state index in [1.54, 1.807) is 23.8 Å². The van der Waals surface area contributed by atoms with Crippen molar-refractivity contribution >= 4 is 11.8 Å². The Morgan fingerprint density at radius 2 is 2.00 bits per heavy atom. The topological polar surface area (TPSA) is 78.8 Å². The zero-order valence-electron chi connectivity index (χ0n) is 15.3.